The van der Waals surface area contributed by atoms with Gasteiger partial charge in [0, 0.05) is 12.3 Å². The number of hydrogen-bond acceptors (Lipinski definition) is 7. The van der Waals surface area contributed by atoms with Crippen LogP contribution in [0.2, 0.25) is 0 Å². The van der Waals surface area contributed by atoms with E-state index in [4.69, 9.17) is 13.8 Å². The zero-order chi connectivity index (χ0) is 23.3. The maximum Gasteiger partial charge on any atom is 0.401 e. The van der Waals surface area contributed by atoms with Gasteiger partial charge in [-0.15, -0.1) is 0 Å². The second kappa shape index (κ2) is 10.4. The van der Waals surface area contributed by atoms with Crippen molar-refractivity contribution in [2.75, 3.05) is 11.9 Å². The summed E-state index contributed by atoms with van der Waals surface area (Å²) in [5.41, 5.74) is 2.61. The van der Waals surface area contributed by atoms with E-state index in [2.05, 4.69) is 10.3 Å². The van der Waals surface area contributed by atoms with Crippen molar-refractivity contribution in [3.8, 4) is 17.2 Å². The van der Waals surface area contributed by atoms with Crippen LogP contribution in [0.25, 0.3) is 0 Å². The molecule has 0 spiro atoms. The predicted octanol–water partition coefficient (Wildman–Crippen LogP) is 6.20. The zero-order valence-electron chi connectivity index (χ0n) is 19.7. The van der Waals surface area contributed by atoms with Crippen molar-refractivity contribution in [1.82, 2.24) is 4.98 Å². The minimum atomic E-state index is -3.73. The third-order valence-corrected chi connectivity index (χ3v) is 7.45. The Hall–Kier alpha value is -2.24. The van der Waals surface area contributed by atoms with Crippen LogP contribution in [0.3, 0.4) is 0 Å². The highest BCUT2D eigenvalue weighted by atomic mass is 31.2. The van der Waals surface area contributed by atoms with Crippen molar-refractivity contribution in [1.29, 1.82) is 0 Å². The molecule has 0 amide bonds. The second-order valence-electron chi connectivity index (χ2n) is 8.24. The van der Waals surface area contributed by atoms with Gasteiger partial charge < -0.3 is 19.7 Å². The van der Waals surface area contributed by atoms with E-state index in [9.17, 15) is 9.67 Å². The van der Waals surface area contributed by atoms with Crippen LogP contribution in [-0.2, 0) is 9.09 Å². The molecule has 0 fully saturated rings. The number of aromatic nitrogens is 1. The summed E-state index contributed by atoms with van der Waals surface area (Å²) in [6.45, 7) is 15.4. The number of nitrogens with one attached hydrogen (secondary N) is 1. The average molecular weight is 451 g/mol. The molecule has 0 saturated heterocycles. The maximum atomic E-state index is 14.2. The van der Waals surface area contributed by atoms with E-state index in [0.717, 1.165) is 11.1 Å². The van der Waals surface area contributed by atoms with Crippen molar-refractivity contribution in [3.05, 3.63) is 41.1 Å². The molecule has 172 valence electrons. The highest BCUT2D eigenvalue weighted by Crippen LogP contribution is 2.57. The van der Waals surface area contributed by atoms with Crippen LogP contribution in [0.5, 0.6) is 17.2 Å². The molecule has 2 unspecified atom stereocenters. The van der Waals surface area contributed by atoms with Crippen molar-refractivity contribution < 1.29 is 23.5 Å². The summed E-state index contributed by atoms with van der Waals surface area (Å²) in [6.07, 6.45) is 1.39. The van der Waals surface area contributed by atoms with Gasteiger partial charge in [0.25, 0.3) is 0 Å². The molecule has 0 aliphatic heterocycles. The molecule has 0 aliphatic rings. The summed E-state index contributed by atoms with van der Waals surface area (Å²) in [7, 11) is -3.73. The molecule has 31 heavy (non-hydrogen) atoms. The van der Waals surface area contributed by atoms with Crippen molar-refractivity contribution >= 4 is 13.4 Å². The van der Waals surface area contributed by atoms with Gasteiger partial charge in [-0.1, -0.05) is 13.8 Å². The van der Waals surface area contributed by atoms with Crippen molar-refractivity contribution in [2.24, 2.45) is 5.92 Å². The van der Waals surface area contributed by atoms with Gasteiger partial charge in [0.15, 0.2) is 11.5 Å². The third-order valence-electron chi connectivity index (χ3n) is 4.86. The van der Waals surface area contributed by atoms with Gasteiger partial charge in [0.1, 0.15) is 17.4 Å². The summed E-state index contributed by atoms with van der Waals surface area (Å²) in [4.78, 5) is 4.43. The number of anilines is 1. The fraction of sp³-hybridized carbons (Fsp3) is 0.522. The average Bonchev–Trinajstić information content (AvgIpc) is 2.66. The van der Waals surface area contributed by atoms with Crippen LogP contribution in [0.4, 0.5) is 5.82 Å². The van der Waals surface area contributed by atoms with E-state index < -0.39 is 13.4 Å². The van der Waals surface area contributed by atoms with Gasteiger partial charge >= 0.3 is 7.60 Å². The summed E-state index contributed by atoms with van der Waals surface area (Å²) in [5, 5.41) is 13.6. The number of hydrogen-bond donors (Lipinski definition) is 2. The molecule has 0 aliphatic carbocycles. The van der Waals surface area contributed by atoms with Crippen molar-refractivity contribution in [3.63, 3.8) is 0 Å². The minimum absolute atomic E-state index is 0.0342. The van der Waals surface area contributed by atoms with Crippen LogP contribution in [0.15, 0.2) is 24.4 Å². The Kier molecular flexibility index (Phi) is 8.38. The smallest absolute Gasteiger partial charge is 0.401 e. The van der Waals surface area contributed by atoms with Gasteiger partial charge in [0.05, 0.1) is 12.7 Å². The maximum absolute atomic E-state index is 14.2. The van der Waals surface area contributed by atoms with Crippen LogP contribution in [0.1, 0.15) is 51.3 Å². The number of pyridine rings is 1. The van der Waals surface area contributed by atoms with Gasteiger partial charge in [-0.2, -0.15) is 0 Å². The first-order chi connectivity index (χ1) is 14.5. The summed E-state index contributed by atoms with van der Waals surface area (Å²) >= 11 is 0. The number of nitrogens with zero attached hydrogens (tertiary/aromatic N) is 1. The van der Waals surface area contributed by atoms with E-state index >= 15 is 0 Å². The number of phenols is 1. The lowest BCUT2D eigenvalue weighted by Gasteiger charge is -2.32. The van der Waals surface area contributed by atoms with Crippen LogP contribution < -0.4 is 14.6 Å². The lowest BCUT2D eigenvalue weighted by Crippen LogP contribution is -2.30. The SMILES string of the molecule is CCOc1cc(OP(=O)(OC(C)C)C(Nc2nccc(C)c2C)C(C)C)cc(C)c1O. The summed E-state index contributed by atoms with van der Waals surface area (Å²) in [5.74, 6) is 0.532. The first kappa shape index (κ1) is 25.0. The molecule has 0 saturated carbocycles. The Labute approximate surface area is 185 Å². The van der Waals surface area contributed by atoms with Gasteiger partial charge in [-0.05, 0) is 76.3 Å². The van der Waals surface area contributed by atoms with Crippen LogP contribution in [0, 0.1) is 26.7 Å². The first-order valence-corrected chi connectivity index (χ1v) is 12.2. The molecule has 0 bridgehead atoms. The standard InChI is InChI=1S/C23H35N2O5P/c1-9-28-20-13-19(12-17(7)21(20)26)30-31(27,29-15(4)5)23(14(2)3)25-22-18(8)16(6)10-11-24-22/h10-15,23,26H,9H2,1-8H3,(H,24,25). The Morgan fingerprint density at radius 2 is 1.81 bits per heavy atom. The molecule has 0 radical (unpaired) electrons. The Bertz CT molecular complexity index is 946. The number of rotatable bonds is 10. The lowest BCUT2D eigenvalue weighted by molar-refractivity contribution is 0.200. The monoisotopic (exact) mass is 450 g/mol. The molecular formula is C23H35N2O5P. The Morgan fingerprint density at radius 1 is 1.13 bits per heavy atom. The van der Waals surface area contributed by atoms with E-state index in [1.54, 1.807) is 19.2 Å². The molecule has 1 aromatic heterocycles. The van der Waals surface area contributed by atoms with E-state index in [-0.39, 0.29) is 23.5 Å². The quantitative estimate of drug-likeness (QED) is 0.416. The number of benzene rings is 1. The molecule has 1 aromatic carbocycles. The van der Waals surface area contributed by atoms with E-state index in [0.29, 0.717) is 23.7 Å². The minimum Gasteiger partial charge on any atom is -0.504 e. The third kappa shape index (κ3) is 6.14. The van der Waals surface area contributed by atoms with E-state index in [1.807, 2.05) is 54.5 Å². The Balaban J connectivity index is 2.49. The molecule has 8 heteroatoms. The highest BCUT2D eigenvalue weighted by Gasteiger charge is 2.41. The molecule has 2 atom stereocenters. The second-order valence-corrected chi connectivity index (χ2v) is 10.3. The lowest BCUT2D eigenvalue weighted by atomic mass is 10.1. The molecule has 2 N–H and O–H groups in total. The van der Waals surface area contributed by atoms with Gasteiger partial charge in [-0.25, -0.2) is 9.55 Å². The fourth-order valence-electron chi connectivity index (χ4n) is 3.15. The van der Waals surface area contributed by atoms with Crippen LogP contribution >= 0.6 is 7.60 Å². The fourth-order valence-corrected chi connectivity index (χ4v) is 5.43. The number of phenolic OH excluding ortho intramolecular Hbond substituents is 1. The topological polar surface area (TPSA) is 89.9 Å². The van der Waals surface area contributed by atoms with Gasteiger partial charge in [-0.3, -0.25) is 4.52 Å². The van der Waals surface area contributed by atoms with Gasteiger partial charge in [0.2, 0.25) is 0 Å². The van der Waals surface area contributed by atoms with Crippen LogP contribution in [-0.4, -0.2) is 28.6 Å². The summed E-state index contributed by atoms with van der Waals surface area (Å²) < 4.78 is 31.6. The van der Waals surface area contributed by atoms with Crippen molar-refractivity contribution in [2.45, 2.75) is 67.3 Å². The Morgan fingerprint density at radius 3 is 2.39 bits per heavy atom. The first-order valence-electron chi connectivity index (χ1n) is 10.6. The number of ether oxygens (including phenoxy) is 1. The zero-order valence-corrected chi connectivity index (χ0v) is 20.6. The highest BCUT2D eigenvalue weighted by molar-refractivity contribution is 7.55. The predicted molar refractivity (Wildman–Crippen MR) is 124 cm³/mol. The molecular weight excluding hydrogens is 415 g/mol. The molecule has 1 heterocycles. The van der Waals surface area contributed by atoms with E-state index in [1.165, 1.54) is 6.07 Å². The number of aryl methyl sites for hydroxylation is 2. The number of aromatic hydroxyl groups is 1. The largest absolute Gasteiger partial charge is 0.504 e. The summed E-state index contributed by atoms with van der Waals surface area (Å²) in [6, 6.07) is 5.09. The molecule has 2 rings (SSSR count). The normalized spacial score (nSPS) is 14.4. The molecule has 2 aromatic rings. The molecule has 7 nitrogen and oxygen atoms in total.